The van der Waals surface area contributed by atoms with Crippen LogP contribution in [0.25, 0.3) is 0 Å². The van der Waals surface area contributed by atoms with Crippen LogP contribution < -0.4 is 5.32 Å². The van der Waals surface area contributed by atoms with Crippen LogP contribution in [0.5, 0.6) is 0 Å². The second kappa shape index (κ2) is 7.68. The summed E-state index contributed by atoms with van der Waals surface area (Å²) in [4.78, 5) is 18.7. The van der Waals surface area contributed by atoms with E-state index in [0.717, 1.165) is 30.2 Å². The number of thiazole rings is 1. The molecule has 7 heteroatoms. The van der Waals surface area contributed by atoms with Crippen LogP contribution in [-0.4, -0.2) is 54.3 Å². The van der Waals surface area contributed by atoms with Crippen molar-refractivity contribution >= 4 is 17.2 Å². The van der Waals surface area contributed by atoms with Gasteiger partial charge in [-0.25, -0.2) is 9.37 Å². The number of aromatic nitrogens is 1. The molecule has 1 aromatic rings. The number of hydrogen-bond donors (Lipinski definition) is 1. The summed E-state index contributed by atoms with van der Waals surface area (Å²) in [5, 5.41) is 6.04. The molecule has 0 saturated carbocycles. The maximum Gasteiger partial charge on any atom is 0.225 e. The summed E-state index contributed by atoms with van der Waals surface area (Å²) in [6.07, 6.45) is 1.47. The number of halogens is 1. The monoisotopic (exact) mass is 341 g/mol. The van der Waals surface area contributed by atoms with Crippen LogP contribution >= 0.6 is 11.3 Å². The van der Waals surface area contributed by atoms with E-state index in [1.165, 1.54) is 0 Å². The Bertz CT molecular complexity index is 533. The van der Waals surface area contributed by atoms with Crippen LogP contribution in [0.3, 0.4) is 0 Å². The number of amides is 1. The summed E-state index contributed by atoms with van der Waals surface area (Å²) >= 11 is 1.61. The summed E-state index contributed by atoms with van der Waals surface area (Å²) in [7, 11) is 0. The summed E-state index contributed by atoms with van der Waals surface area (Å²) in [6.45, 7) is 4.79. The highest BCUT2D eigenvalue weighted by atomic mass is 32.1. The highest BCUT2D eigenvalue weighted by Crippen LogP contribution is 2.23. The second-order valence-corrected chi connectivity index (χ2v) is 7.50. The van der Waals surface area contributed by atoms with Crippen LogP contribution in [0.2, 0.25) is 0 Å². The molecule has 3 heterocycles. The highest BCUT2D eigenvalue weighted by molar-refractivity contribution is 7.09. The fourth-order valence-corrected chi connectivity index (χ4v) is 3.93. The topological polar surface area (TPSA) is 54.5 Å². The number of ether oxygens (including phenoxy) is 1. The van der Waals surface area contributed by atoms with E-state index in [2.05, 4.69) is 15.2 Å². The van der Waals surface area contributed by atoms with Crippen molar-refractivity contribution in [3.05, 3.63) is 16.1 Å². The third-order valence-corrected chi connectivity index (χ3v) is 5.37. The van der Waals surface area contributed by atoms with Crippen molar-refractivity contribution in [1.29, 1.82) is 0 Å². The lowest BCUT2D eigenvalue weighted by Gasteiger charge is -2.26. The molecule has 2 saturated heterocycles. The number of nitrogens with zero attached hydrogens (tertiary/aromatic N) is 2. The lowest BCUT2D eigenvalue weighted by Crippen LogP contribution is -2.43. The number of carbonyl (C=O) groups is 1. The Morgan fingerprint density at radius 1 is 1.61 bits per heavy atom. The Labute approximate surface area is 140 Å². The summed E-state index contributed by atoms with van der Waals surface area (Å²) in [5.41, 5.74) is 0.985. The largest absolute Gasteiger partial charge is 0.381 e. The van der Waals surface area contributed by atoms with E-state index < -0.39 is 6.17 Å². The molecule has 2 aliphatic heterocycles. The molecule has 3 atom stereocenters. The number of hydrogen-bond acceptors (Lipinski definition) is 5. The summed E-state index contributed by atoms with van der Waals surface area (Å²) < 4.78 is 19.2. The Balaban J connectivity index is 1.51. The van der Waals surface area contributed by atoms with Gasteiger partial charge in [0.1, 0.15) is 6.17 Å². The second-order valence-electron chi connectivity index (χ2n) is 6.43. The van der Waals surface area contributed by atoms with Crippen LogP contribution in [0.15, 0.2) is 5.38 Å². The molecule has 3 rings (SSSR count). The van der Waals surface area contributed by atoms with Crippen molar-refractivity contribution < 1.29 is 13.9 Å². The lowest BCUT2D eigenvalue weighted by molar-refractivity contribution is -0.129. The van der Waals surface area contributed by atoms with E-state index in [1.54, 1.807) is 11.3 Å². The third-order valence-electron chi connectivity index (χ3n) is 4.55. The van der Waals surface area contributed by atoms with Gasteiger partial charge in [0.2, 0.25) is 5.91 Å². The molecule has 1 unspecified atom stereocenters. The summed E-state index contributed by atoms with van der Waals surface area (Å²) in [5.74, 6) is -0.0163. The van der Waals surface area contributed by atoms with Gasteiger partial charge in [-0.2, -0.15) is 0 Å². The molecule has 23 heavy (non-hydrogen) atoms. The quantitative estimate of drug-likeness (QED) is 0.889. The van der Waals surface area contributed by atoms with Gasteiger partial charge in [0.05, 0.1) is 23.2 Å². The van der Waals surface area contributed by atoms with Gasteiger partial charge < -0.3 is 10.1 Å². The molecule has 0 radical (unpaired) electrons. The molecule has 1 amide bonds. The van der Waals surface area contributed by atoms with Gasteiger partial charge in [-0.1, -0.05) is 0 Å². The van der Waals surface area contributed by atoms with Gasteiger partial charge in [-0.15, -0.1) is 11.3 Å². The fourth-order valence-electron chi connectivity index (χ4n) is 3.33. The first-order valence-corrected chi connectivity index (χ1v) is 9.14. The van der Waals surface area contributed by atoms with Crippen LogP contribution in [0.4, 0.5) is 4.39 Å². The predicted octanol–water partition coefficient (Wildman–Crippen LogP) is 1.91. The molecule has 0 bridgehead atoms. The molecular weight excluding hydrogens is 317 g/mol. The van der Waals surface area contributed by atoms with E-state index in [9.17, 15) is 9.18 Å². The van der Waals surface area contributed by atoms with Crippen molar-refractivity contribution in [1.82, 2.24) is 15.2 Å². The SMILES string of the molecule is Cc1nc(CN2C[C@@H](F)C[C@H]2CNC(=O)C2CCCOC2)cs1. The number of alkyl halides is 1. The maximum absolute atomic E-state index is 13.8. The van der Waals surface area contributed by atoms with Crippen molar-refractivity contribution in [2.75, 3.05) is 26.3 Å². The number of nitrogens with one attached hydrogen (secondary N) is 1. The molecule has 0 aliphatic carbocycles. The van der Waals surface area contributed by atoms with Crippen molar-refractivity contribution in [3.8, 4) is 0 Å². The number of rotatable bonds is 5. The van der Waals surface area contributed by atoms with E-state index >= 15 is 0 Å². The van der Waals surface area contributed by atoms with Crippen molar-refractivity contribution in [3.63, 3.8) is 0 Å². The minimum Gasteiger partial charge on any atom is -0.381 e. The van der Waals surface area contributed by atoms with Crippen LogP contribution in [-0.2, 0) is 16.1 Å². The average Bonchev–Trinajstić information content (AvgIpc) is 3.11. The molecule has 1 N–H and O–H groups in total. The zero-order valence-corrected chi connectivity index (χ0v) is 14.3. The first-order valence-electron chi connectivity index (χ1n) is 8.26. The maximum atomic E-state index is 13.8. The van der Waals surface area contributed by atoms with Gasteiger partial charge in [0.15, 0.2) is 0 Å². The van der Waals surface area contributed by atoms with Crippen LogP contribution in [0, 0.1) is 12.8 Å². The van der Waals surface area contributed by atoms with Gasteiger partial charge in [0.25, 0.3) is 0 Å². The highest BCUT2D eigenvalue weighted by Gasteiger charge is 2.33. The van der Waals surface area contributed by atoms with Crippen molar-refractivity contribution in [2.45, 2.75) is 44.9 Å². The molecule has 2 aliphatic rings. The van der Waals surface area contributed by atoms with E-state index in [4.69, 9.17) is 4.74 Å². The zero-order valence-electron chi connectivity index (χ0n) is 13.5. The average molecular weight is 341 g/mol. The lowest BCUT2D eigenvalue weighted by atomic mass is 10.0. The van der Waals surface area contributed by atoms with E-state index in [0.29, 0.717) is 32.7 Å². The Morgan fingerprint density at radius 2 is 2.48 bits per heavy atom. The standard InChI is InChI=1S/C16H24FN3O2S/c1-11-19-14(10-23-11)8-20-7-13(17)5-15(20)6-18-16(21)12-3-2-4-22-9-12/h10,12-13,15H,2-9H2,1H3,(H,18,21)/t12?,13-,15-/m0/s1. The normalized spacial score (nSPS) is 28.9. The van der Waals surface area contributed by atoms with E-state index in [1.807, 2.05) is 12.3 Å². The zero-order chi connectivity index (χ0) is 16.2. The van der Waals surface area contributed by atoms with Crippen LogP contribution in [0.1, 0.15) is 30.0 Å². The molecule has 5 nitrogen and oxygen atoms in total. The Hall–Kier alpha value is -1.05. The third kappa shape index (κ3) is 4.49. The molecule has 128 valence electrons. The first-order chi connectivity index (χ1) is 11.1. The number of carbonyl (C=O) groups excluding carboxylic acids is 1. The van der Waals surface area contributed by atoms with Gasteiger partial charge in [-0.3, -0.25) is 9.69 Å². The Morgan fingerprint density at radius 3 is 3.17 bits per heavy atom. The van der Waals surface area contributed by atoms with Crippen molar-refractivity contribution in [2.24, 2.45) is 5.92 Å². The molecule has 0 spiro atoms. The molecule has 0 aromatic carbocycles. The molecule has 1 aromatic heterocycles. The molecule has 2 fully saturated rings. The minimum absolute atomic E-state index is 0.0384. The fraction of sp³-hybridized carbons (Fsp3) is 0.750. The Kier molecular flexibility index (Phi) is 5.61. The van der Waals surface area contributed by atoms with E-state index in [-0.39, 0.29) is 17.9 Å². The molecular formula is C16H24FN3O2S. The first kappa shape index (κ1) is 16.8. The smallest absolute Gasteiger partial charge is 0.225 e. The number of aryl methyl sites for hydroxylation is 1. The van der Waals surface area contributed by atoms with Gasteiger partial charge in [0, 0.05) is 37.7 Å². The summed E-state index contributed by atoms with van der Waals surface area (Å²) in [6, 6.07) is 0.0421. The van der Waals surface area contributed by atoms with Gasteiger partial charge >= 0.3 is 0 Å². The number of likely N-dealkylation sites (tertiary alicyclic amines) is 1. The van der Waals surface area contributed by atoms with Gasteiger partial charge in [-0.05, 0) is 26.2 Å². The predicted molar refractivity (Wildman–Crippen MR) is 87.1 cm³/mol. The minimum atomic E-state index is -0.824.